The number of nitrogens with one attached hydrogen (secondary N) is 2. The third-order valence-corrected chi connectivity index (χ3v) is 7.23. The summed E-state index contributed by atoms with van der Waals surface area (Å²) in [5.41, 5.74) is 2.20. The van der Waals surface area contributed by atoms with Crippen LogP contribution in [-0.4, -0.2) is 59.8 Å². The van der Waals surface area contributed by atoms with Crippen molar-refractivity contribution in [2.75, 3.05) is 32.1 Å². The zero-order valence-electron chi connectivity index (χ0n) is 19.8. The lowest BCUT2D eigenvalue weighted by atomic mass is 10.1. The first-order valence-corrected chi connectivity index (χ1v) is 12.7. The van der Waals surface area contributed by atoms with Crippen LogP contribution in [0.1, 0.15) is 41.6 Å². The Morgan fingerprint density at radius 3 is 2.46 bits per heavy atom. The molecule has 2 aliphatic rings. The van der Waals surface area contributed by atoms with Crippen LogP contribution >= 0.6 is 11.8 Å². The second-order valence-corrected chi connectivity index (χ2v) is 9.74. The number of anilines is 1. The van der Waals surface area contributed by atoms with E-state index in [9.17, 15) is 14.4 Å². The summed E-state index contributed by atoms with van der Waals surface area (Å²) >= 11 is 1.38. The number of carbonyl (C=O) groups excluding carboxylic acids is 3. The summed E-state index contributed by atoms with van der Waals surface area (Å²) in [5, 5.41) is 5.98. The van der Waals surface area contributed by atoms with Crippen LogP contribution < -0.4 is 15.4 Å². The van der Waals surface area contributed by atoms with E-state index in [1.54, 1.807) is 31.4 Å². The van der Waals surface area contributed by atoms with E-state index in [2.05, 4.69) is 20.5 Å². The Morgan fingerprint density at radius 2 is 1.77 bits per heavy atom. The van der Waals surface area contributed by atoms with Crippen LogP contribution in [0.3, 0.4) is 0 Å². The topological polar surface area (TPSA) is 100 Å². The molecule has 4 rings (SSSR count). The minimum atomic E-state index is -0.484. The molecule has 35 heavy (non-hydrogen) atoms. The van der Waals surface area contributed by atoms with Crippen molar-refractivity contribution in [2.24, 2.45) is 4.99 Å². The van der Waals surface area contributed by atoms with E-state index in [1.807, 2.05) is 24.3 Å². The fraction of sp³-hybridized carbons (Fsp3) is 0.385. The number of ether oxygens (including phenoxy) is 1. The molecule has 1 atom stereocenters. The highest BCUT2D eigenvalue weighted by atomic mass is 32.2. The summed E-state index contributed by atoms with van der Waals surface area (Å²) in [6.07, 6.45) is 4.20. The first-order valence-electron chi connectivity index (χ1n) is 11.9. The van der Waals surface area contributed by atoms with Gasteiger partial charge >= 0.3 is 0 Å². The van der Waals surface area contributed by atoms with E-state index in [4.69, 9.17) is 4.74 Å². The van der Waals surface area contributed by atoms with Gasteiger partial charge in [-0.15, -0.1) is 0 Å². The predicted molar refractivity (Wildman–Crippen MR) is 138 cm³/mol. The van der Waals surface area contributed by atoms with Crippen molar-refractivity contribution in [3.63, 3.8) is 0 Å². The highest BCUT2D eigenvalue weighted by Gasteiger charge is 2.33. The van der Waals surface area contributed by atoms with Crippen LogP contribution in [0, 0.1) is 0 Å². The number of amides is 3. The van der Waals surface area contributed by atoms with Gasteiger partial charge in [0, 0.05) is 37.3 Å². The van der Waals surface area contributed by atoms with Gasteiger partial charge in [0.15, 0.2) is 5.17 Å². The Labute approximate surface area is 209 Å². The third kappa shape index (κ3) is 6.85. The Hall–Kier alpha value is -3.33. The van der Waals surface area contributed by atoms with Gasteiger partial charge in [0.2, 0.25) is 5.91 Å². The largest absolute Gasteiger partial charge is 0.497 e. The van der Waals surface area contributed by atoms with Gasteiger partial charge in [0.1, 0.15) is 11.0 Å². The maximum Gasteiger partial charge on any atom is 0.262 e. The van der Waals surface area contributed by atoms with Gasteiger partial charge < -0.3 is 20.3 Å². The highest BCUT2D eigenvalue weighted by Crippen LogP contribution is 2.29. The van der Waals surface area contributed by atoms with Crippen LogP contribution in [0.2, 0.25) is 0 Å². The van der Waals surface area contributed by atoms with E-state index >= 15 is 0 Å². The Morgan fingerprint density at radius 1 is 1.06 bits per heavy atom. The van der Waals surface area contributed by atoms with Gasteiger partial charge in [-0.1, -0.05) is 23.9 Å². The number of hydrogen-bond donors (Lipinski definition) is 2. The average Bonchev–Trinajstić information content (AvgIpc) is 3.25. The first kappa shape index (κ1) is 24.8. The first-order chi connectivity index (χ1) is 17.0. The lowest BCUT2D eigenvalue weighted by Gasteiger charge is -2.27. The average molecular weight is 495 g/mol. The number of hydrogen-bond acceptors (Lipinski definition) is 6. The zero-order valence-corrected chi connectivity index (χ0v) is 20.6. The van der Waals surface area contributed by atoms with Gasteiger partial charge in [0.25, 0.3) is 11.8 Å². The fourth-order valence-corrected chi connectivity index (χ4v) is 5.15. The van der Waals surface area contributed by atoms with Gasteiger partial charge in [-0.2, -0.15) is 4.99 Å². The molecule has 8 nitrogen and oxygen atoms in total. The van der Waals surface area contributed by atoms with Gasteiger partial charge in [-0.25, -0.2) is 0 Å². The number of benzene rings is 2. The molecule has 2 aliphatic heterocycles. The molecule has 0 radical (unpaired) electrons. The molecular weight excluding hydrogens is 464 g/mol. The summed E-state index contributed by atoms with van der Waals surface area (Å²) in [6, 6.07) is 14.5. The number of piperidine rings is 1. The van der Waals surface area contributed by atoms with Crippen LogP contribution in [-0.2, 0) is 16.0 Å². The minimum absolute atomic E-state index is 0.0674. The number of carbonyl (C=O) groups is 3. The number of nitrogens with zero attached hydrogens (tertiary/aromatic N) is 2. The normalized spacial score (nSPS) is 17.6. The molecule has 3 amide bonds. The molecule has 0 saturated carbocycles. The van der Waals surface area contributed by atoms with Crippen molar-refractivity contribution in [1.82, 2.24) is 10.2 Å². The molecule has 2 aromatic carbocycles. The van der Waals surface area contributed by atoms with Gasteiger partial charge in [-0.3, -0.25) is 14.4 Å². The quantitative estimate of drug-likeness (QED) is 0.583. The number of thioether (sulfide) groups is 1. The van der Waals surface area contributed by atoms with E-state index in [1.165, 1.54) is 18.2 Å². The van der Waals surface area contributed by atoms with Gasteiger partial charge in [-0.05, 0) is 67.6 Å². The summed E-state index contributed by atoms with van der Waals surface area (Å²) in [7, 11) is 1.63. The Kier molecular flexibility index (Phi) is 8.41. The number of aliphatic imine (C=N–C) groups is 1. The zero-order chi connectivity index (χ0) is 24.6. The molecule has 2 heterocycles. The third-order valence-electron chi connectivity index (χ3n) is 6.02. The van der Waals surface area contributed by atoms with Crippen molar-refractivity contribution in [3.05, 3.63) is 59.7 Å². The lowest BCUT2D eigenvalue weighted by molar-refractivity contribution is -0.121. The molecular formula is C26H30N4O4S. The molecule has 2 aromatic rings. The summed E-state index contributed by atoms with van der Waals surface area (Å²) in [6.45, 7) is 2.34. The molecule has 9 heteroatoms. The molecule has 0 spiro atoms. The molecule has 184 valence electrons. The lowest BCUT2D eigenvalue weighted by Crippen LogP contribution is -2.33. The van der Waals surface area contributed by atoms with Crippen molar-refractivity contribution < 1.29 is 19.1 Å². The van der Waals surface area contributed by atoms with E-state index in [0.29, 0.717) is 24.2 Å². The van der Waals surface area contributed by atoms with Crippen LogP contribution in [0.15, 0.2) is 53.5 Å². The van der Waals surface area contributed by atoms with E-state index in [-0.39, 0.29) is 24.1 Å². The molecule has 0 bridgehead atoms. The number of methoxy groups -OCH3 is 1. The van der Waals surface area contributed by atoms with Crippen LogP contribution in [0.5, 0.6) is 5.75 Å². The van der Waals surface area contributed by atoms with E-state index < -0.39 is 5.25 Å². The molecule has 1 saturated heterocycles. The molecule has 2 N–H and O–H groups in total. The highest BCUT2D eigenvalue weighted by molar-refractivity contribution is 8.15. The standard InChI is InChI=1S/C26H30N4O4S/c1-34-21-11-5-18(6-12-21)13-14-27-24(32)19-7-9-20(10-8-19)28-23(31)17-22-25(33)29-26(35-22)30-15-3-2-4-16-30/h5-12,22H,2-4,13-17H2,1H3,(H,27,32)(H,28,31). The number of likely N-dealkylation sites (tertiary alicyclic amines) is 1. The van der Waals surface area contributed by atoms with Crippen LogP contribution in [0.4, 0.5) is 5.69 Å². The maximum atomic E-state index is 12.5. The number of rotatable bonds is 8. The molecule has 0 aliphatic carbocycles. The van der Waals surface area contributed by atoms with E-state index in [0.717, 1.165) is 42.4 Å². The fourth-order valence-electron chi connectivity index (χ4n) is 4.03. The SMILES string of the molecule is COc1ccc(CCNC(=O)c2ccc(NC(=O)CC3SC(N4CCCCC4)=NC3=O)cc2)cc1. The molecule has 0 aromatic heterocycles. The van der Waals surface area contributed by atoms with Crippen molar-refractivity contribution in [3.8, 4) is 5.75 Å². The molecule has 1 fully saturated rings. The van der Waals surface area contributed by atoms with Crippen molar-refractivity contribution in [1.29, 1.82) is 0 Å². The monoisotopic (exact) mass is 494 g/mol. The smallest absolute Gasteiger partial charge is 0.262 e. The second-order valence-electron chi connectivity index (χ2n) is 8.57. The second kappa shape index (κ2) is 11.9. The van der Waals surface area contributed by atoms with Crippen molar-refractivity contribution >= 4 is 40.3 Å². The van der Waals surface area contributed by atoms with Gasteiger partial charge in [0.05, 0.1) is 7.11 Å². The summed E-state index contributed by atoms with van der Waals surface area (Å²) < 4.78 is 5.15. The number of amidine groups is 1. The summed E-state index contributed by atoms with van der Waals surface area (Å²) in [5.74, 6) is 0.135. The Balaban J connectivity index is 1.20. The minimum Gasteiger partial charge on any atom is -0.497 e. The Bertz CT molecular complexity index is 1080. The van der Waals surface area contributed by atoms with Crippen LogP contribution in [0.25, 0.3) is 0 Å². The maximum absolute atomic E-state index is 12.5. The molecule has 1 unspecified atom stereocenters. The van der Waals surface area contributed by atoms with Crippen molar-refractivity contribution in [2.45, 2.75) is 37.4 Å². The summed E-state index contributed by atoms with van der Waals surface area (Å²) in [4.78, 5) is 43.5. The predicted octanol–water partition coefficient (Wildman–Crippen LogP) is 3.48.